The molecule has 0 aliphatic heterocycles. The maximum atomic E-state index is 12.0. The first-order chi connectivity index (χ1) is 8.58. The largest absolute Gasteiger partial charge is 0.306 e. The first kappa shape index (κ1) is 13.2. The first-order valence-electron chi connectivity index (χ1n) is 5.12. The summed E-state index contributed by atoms with van der Waals surface area (Å²) in [5, 5.41) is 2.75. The lowest BCUT2D eigenvalue weighted by Crippen LogP contribution is -2.14. The summed E-state index contributed by atoms with van der Waals surface area (Å²) in [6, 6.07) is 5.29. The van der Waals surface area contributed by atoms with E-state index in [1.165, 1.54) is 0 Å². The molecule has 2 aromatic rings. The van der Waals surface area contributed by atoms with Gasteiger partial charge in [-0.2, -0.15) is 0 Å². The Morgan fingerprint density at radius 2 is 2.11 bits per heavy atom. The van der Waals surface area contributed by atoms with Crippen molar-refractivity contribution < 1.29 is 4.79 Å². The average molecular weight is 371 g/mol. The van der Waals surface area contributed by atoms with Crippen LogP contribution in [0.5, 0.6) is 0 Å². The van der Waals surface area contributed by atoms with Crippen LogP contribution < -0.4 is 5.32 Å². The van der Waals surface area contributed by atoms with Crippen molar-refractivity contribution in [2.75, 3.05) is 5.32 Å². The van der Waals surface area contributed by atoms with Crippen molar-refractivity contribution in [3.05, 3.63) is 50.8 Å². The molecular weight excluding hydrogens is 362 g/mol. The van der Waals surface area contributed by atoms with Gasteiger partial charge in [0.15, 0.2) is 0 Å². The number of anilines is 1. The van der Waals surface area contributed by atoms with E-state index in [2.05, 4.69) is 47.1 Å². The highest BCUT2D eigenvalue weighted by Gasteiger charge is 2.12. The molecule has 0 spiro atoms. The third kappa shape index (κ3) is 2.94. The zero-order valence-corrected chi connectivity index (χ0v) is 12.6. The maximum Gasteiger partial charge on any atom is 0.259 e. The Hall–Kier alpha value is -1.27. The Labute approximate surface area is 121 Å². The molecule has 0 aliphatic rings. The highest BCUT2D eigenvalue weighted by Crippen LogP contribution is 2.19. The molecule has 1 amide bonds. The normalized spacial score (nSPS) is 10.2. The number of aryl methyl sites for hydroxylation is 1. The van der Waals surface area contributed by atoms with Crippen LogP contribution in [0, 0.1) is 6.92 Å². The van der Waals surface area contributed by atoms with Crippen LogP contribution in [-0.2, 0) is 0 Å². The summed E-state index contributed by atoms with van der Waals surface area (Å²) < 4.78 is 1.39. The summed E-state index contributed by atoms with van der Waals surface area (Å²) in [5.41, 5.74) is 1.36. The molecule has 1 N–H and O–H groups in total. The van der Waals surface area contributed by atoms with Gasteiger partial charge in [0.1, 0.15) is 10.4 Å². The number of halogens is 2. The monoisotopic (exact) mass is 369 g/mol. The average Bonchev–Trinajstić information content (AvgIpc) is 2.33. The molecule has 0 saturated carbocycles. The molecule has 0 aromatic carbocycles. The van der Waals surface area contributed by atoms with E-state index in [1.54, 1.807) is 24.5 Å². The standard InChI is InChI=1S/C12H9Br2N3O/c1-7-5-8(13)6-16-11(7)17-12(18)9-3-2-4-15-10(9)14/h2-6H,1H3,(H,16,17,18). The van der Waals surface area contributed by atoms with Gasteiger partial charge in [-0.1, -0.05) is 0 Å². The lowest BCUT2D eigenvalue weighted by molar-refractivity contribution is 0.102. The van der Waals surface area contributed by atoms with Gasteiger partial charge in [0.25, 0.3) is 5.91 Å². The second-order valence-corrected chi connectivity index (χ2v) is 5.28. The molecule has 0 unspecified atom stereocenters. The van der Waals surface area contributed by atoms with Crippen LogP contribution in [0.1, 0.15) is 15.9 Å². The van der Waals surface area contributed by atoms with Crippen LogP contribution in [0.15, 0.2) is 39.7 Å². The van der Waals surface area contributed by atoms with E-state index in [1.807, 2.05) is 13.0 Å². The van der Waals surface area contributed by atoms with Crippen molar-refractivity contribution in [3.63, 3.8) is 0 Å². The lowest BCUT2D eigenvalue weighted by atomic mass is 10.2. The number of hydrogen-bond acceptors (Lipinski definition) is 3. The van der Waals surface area contributed by atoms with Gasteiger partial charge in [0.2, 0.25) is 0 Å². The predicted molar refractivity (Wildman–Crippen MR) is 76.6 cm³/mol. The minimum atomic E-state index is -0.243. The van der Waals surface area contributed by atoms with E-state index >= 15 is 0 Å². The Morgan fingerprint density at radius 3 is 2.78 bits per heavy atom. The first-order valence-corrected chi connectivity index (χ1v) is 6.70. The van der Waals surface area contributed by atoms with Crippen molar-refractivity contribution in [3.8, 4) is 0 Å². The van der Waals surface area contributed by atoms with Crippen LogP contribution in [-0.4, -0.2) is 15.9 Å². The fourth-order valence-corrected chi connectivity index (χ4v) is 2.28. The highest BCUT2D eigenvalue weighted by atomic mass is 79.9. The summed E-state index contributed by atoms with van der Waals surface area (Å²) in [4.78, 5) is 20.2. The molecule has 6 heteroatoms. The molecule has 0 saturated heterocycles. The van der Waals surface area contributed by atoms with E-state index < -0.39 is 0 Å². The van der Waals surface area contributed by atoms with Gasteiger partial charge < -0.3 is 5.32 Å². The number of hydrogen-bond donors (Lipinski definition) is 1. The third-order valence-electron chi connectivity index (χ3n) is 2.28. The molecule has 2 heterocycles. The summed E-state index contributed by atoms with van der Waals surface area (Å²) in [7, 11) is 0. The van der Waals surface area contributed by atoms with Crippen molar-refractivity contribution >= 4 is 43.6 Å². The molecule has 18 heavy (non-hydrogen) atoms. The van der Waals surface area contributed by atoms with Crippen LogP contribution in [0.2, 0.25) is 0 Å². The lowest BCUT2D eigenvalue weighted by Gasteiger charge is -2.08. The molecule has 2 rings (SSSR count). The topological polar surface area (TPSA) is 54.9 Å². The number of rotatable bonds is 2. The van der Waals surface area contributed by atoms with Gasteiger partial charge in [-0.15, -0.1) is 0 Å². The smallest absolute Gasteiger partial charge is 0.259 e. The molecule has 92 valence electrons. The van der Waals surface area contributed by atoms with Gasteiger partial charge in [-0.05, 0) is 62.5 Å². The second-order valence-electron chi connectivity index (χ2n) is 3.61. The van der Waals surface area contributed by atoms with Gasteiger partial charge in [0.05, 0.1) is 5.56 Å². The number of aromatic nitrogens is 2. The Kier molecular flexibility index (Phi) is 4.08. The van der Waals surface area contributed by atoms with Crippen molar-refractivity contribution in [1.82, 2.24) is 9.97 Å². The third-order valence-corrected chi connectivity index (χ3v) is 3.35. The second kappa shape index (κ2) is 5.58. The van der Waals surface area contributed by atoms with Gasteiger partial charge >= 0.3 is 0 Å². The van der Waals surface area contributed by atoms with Crippen molar-refractivity contribution in [2.45, 2.75) is 6.92 Å². The quantitative estimate of drug-likeness (QED) is 0.822. The van der Waals surface area contributed by atoms with Crippen molar-refractivity contribution in [2.24, 2.45) is 0 Å². The van der Waals surface area contributed by atoms with E-state index in [-0.39, 0.29) is 5.91 Å². The molecule has 0 bridgehead atoms. The number of carbonyl (C=O) groups is 1. The maximum absolute atomic E-state index is 12.0. The Balaban J connectivity index is 2.24. The fourth-order valence-electron chi connectivity index (χ4n) is 1.40. The van der Waals surface area contributed by atoms with Crippen LogP contribution in [0.3, 0.4) is 0 Å². The summed E-state index contributed by atoms with van der Waals surface area (Å²) in [5.74, 6) is 0.298. The summed E-state index contributed by atoms with van der Waals surface area (Å²) in [6.45, 7) is 1.88. The minimum absolute atomic E-state index is 0.243. The number of pyridine rings is 2. The van der Waals surface area contributed by atoms with E-state index in [0.29, 0.717) is 16.0 Å². The summed E-state index contributed by atoms with van der Waals surface area (Å²) >= 11 is 6.57. The molecule has 0 atom stereocenters. The SMILES string of the molecule is Cc1cc(Br)cnc1NC(=O)c1cccnc1Br. The highest BCUT2D eigenvalue weighted by molar-refractivity contribution is 9.10. The van der Waals surface area contributed by atoms with Crippen molar-refractivity contribution in [1.29, 1.82) is 0 Å². The Bertz CT molecular complexity index is 602. The van der Waals surface area contributed by atoms with Crippen LogP contribution in [0.25, 0.3) is 0 Å². The molecule has 4 nitrogen and oxygen atoms in total. The molecular formula is C12H9Br2N3O. The zero-order chi connectivity index (χ0) is 13.1. The van der Waals surface area contributed by atoms with Gasteiger partial charge in [0, 0.05) is 16.9 Å². The van der Waals surface area contributed by atoms with E-state index in [0.717, 1.165) is 10.0 Å². The number of nitrogens with one attached hydrogen (secondary N) is 1. The zero-order valence-electron chi connectivity index (χ0n) is 9.45. The molecule has 0 radical (unpaired) electrons. The van der Waals surface area contributed by atoms with E-state index in [4.69, 9.17) is 0 Å². The van der Waals surface area contributed by atoms with Crippen LogP contribution >= 0.6 is 31.9 Å². The number of carbonyl (C=O) groups excluding carboxylic acids is 1. The van der Waals surface area contributed by atoms with Gasteiger partial charge in [-0.25, -0.2) is 9.97 Å². The number of nitrogens with zero attached hydrogens (tertiary/aromatic N) is 2. The summed E-state index contributed by atoms with van der Waals surface area (Å²) in [6.07, 6.45) is 3.25. The molecule has 0 fully saturated rings. The fraction of sp³-hybridized carbons (Fsp3) is 0.0833. The minimum Gasteiger partial charge on any atom is -0.306 e. The van der Waals surface area contributed by atoms with Gasteiger partial charge in [-0.3, -0.25) is 4.79 Å². The number of amides is 1. The van der Waals surface area contributed by atoms with E-state index in [9.17, 15) is 4.79 Å². The molecule has 2 aromatic heterocycles. The molecule has 0 aliphatic carbocycles. The Morgan fingerprint density at radius 1 is 1.33 bits per heavy atom. The predicted octanol–water partition coefficient (Wildman–Crippen LogP) is 3.56. The van der Waals surface area contributed by atoms with Crippen LogP contribution in [0.4, 0.5) is 5.82 Å².